The highest BCUT2D eigenvalue weighted by molar-refractivity contribution is 7.89. The first-order valence-corrected chi connectivity index (χ1v) is 8.94. The van der Waals surface area contributed by atoms with Crippen LogP contribution in [0.15, 0.2) is 33.8 Å². The summed E-state index contributed by atoms with van der Waals surface area (Å²) in [7, 11) is -1.36. The molecule has 0 saturated heterocycles. The summed E-state index contributed by atoms with van der Waals surface area (Å²) in [5.41, 5.74) is 0.797. The van der Waals surface area contributed by atoms with Gasteiger partial charge in [-0.2, -0.15) is 0 Å². The van der Waals surface area contributed by atoms with E-state index in [0.717, 1.165) is 36.3 Å². The first-order chi connectivity index (χ1) is 11.5. The number of ether oxygens (including phenoxy) is 2. The van der Waals surface area contributed by atoms with E-state index >= 15 is 0 Å². The molecule has 1 unspecified atom stereocenters. The molecule has 0 amide bonds. The van der Waals surface area contributed by atoms with Gasteiger partial charge in [0.1, 0.15) is 16.5 Å². The number of furan rings is 1. The molecule has 1 atom stereocenters. The van der Waals surface area contributed by atoms with E-state index in [2.05, 4.69) is 4.72 Å². The van der Waals surface area contributed by atoms with Gasteiger partial charge in [0.25, 0.3) is 0 Å². The van der Waals surface area contributed by atoms with Crippen molar-refractivity contribution in [3.63, 3.8) is 0 Å². The van der Waals surface area contributed by atoms with Gasteiger partial charge < -0.3 is 13.9 Å². The maximum atomic E-state index is 14.3. The summed E-state index contributed by atoms with van der Waals surface area (Å²) >= 11 is 0. The van der Waals surface area contributed by atoms with Crippen molar-refractivity contribution in [3.05, 3.63) is 41.6 Å². The number of nitrogens with one attached hydrogen (secondary N) is 1. The molecule has 1 aromatic carbocycles. The lowest BCUT2D eigenvalue weighted by molar-refractivity contribution is 0.350. The fraction of sp³-hybridized carbons (Fsp3) is 0.375. The number of halogens is 1. The van der Waals surface area contributed by atoms with E-state index in [1.54, 1.807) is 6.07 Å². The van der Waals surface area contributed by atoms with Gasteiger partial charge in [-0.05, 0) is 18.9 Å². The molecule has 0 spiro atoms. The van der Waals surface area contributed by atoms with Gasteiger partial charge in [-0.15, -0.1) is 0 Å². The summed E-state index contributed by atoms with van der Waals surface area (Å²) in [5, 5.41) is 0. The zero-order valence-electron chi connectivity index (χ0n) is 13.3. The standard InChI is InChI=1S/C16H18FNO5S/c1-21-14-8-11(17)16(9-15(14)22-2)24(19,20)18-12-4-3-5-13-10(12)6-7-23-13/h6-9,12,18H,3-5H2,1-2H3. The van der Waals surface area contributed by atoms with Crippen LogP contribution in [0.25, 0.3) is 0 Å². The Balaban J connectivity index is 1.95. The third kappa shape index (κ3) is 2.99. The van der Waals surface area contributed by atoms with E-state index in [-0.39, 0.29) is 11.5 Å². The smallest absolute Gasteiger partial charge is 0.244 e. The van der Waals surface area contributed by atoms with Crippen LogP contribution < -0.4 is 14.2 Å². The largest absolute Gasteiger partial charge is 0.493 e. The SMILES string of the molecule is COc1cc(F)c(S(=O)(=O)NC2CCCc3occc32)cc1OC. The van der Waals surface area contributed by atoms with E-state index < -0.39 is 26.8 Å². The number of hydrogen-bond acceptors (Lipinski definition) is 5. The molecule has 0 fully saturated rings. The number of fused-ring (bicyclic) bond motifs is 1. The molecule has 1 heterocycles. The average Bonchev–Trinajstić information content (AvgIpc) is 3.03. The van der Waals surface area contributed by atoms with Gasteiger partial charge in [-0.25, -0.2) is 17.5 Å². The van der Waals surface area contributed by atoms with Crippen LogP contribution in [-0.2, 0) is 16.4 Å². The summed E-state index contributed by atoms with van der Waals surface area (Å²) in [6, 6.07) is 3.42. The minimum absolute atomic E-state index is 0.128. The molecule has 1 N–H and O–H groups in total. The van der Waals surface area contributed by atoms with Gasteiger partial charge in [0.05, 0.1) is 26.5 Å². The van der Waals surface area contributed by atoms with Crippen LogP contribution in [0.1, 0.15) is 30.2 Å². The van der Waals surface area contributed by atoms with Crippen LogP contribution in [0.5, 0.6) is 11.5 Å². The number of aryl methyl sites for hydroxylation is 1. The Morgan fingerprint density at radius 1 is 1.25 bits per heavy atom. The predicted molar refractivity (Wildman–Crippen MR) is 84.2 cm³/mol. The maximum absolute atomic E-state index is 14.3. The lowest BCUT2D eigenvalue weighted by atomic mass is 9.94. The second-order valence-corrected chi connectivity index (χ2v) is 7.19. The second kappa shape index (κ2) is 6.45. The van der Waals surface area contributed by atoms with Gasteiger partial charge in [0.2, 0.25) is 10.0 Å². The van der Waals surface area contributed by atoms with Crippen molar-refractivity contribution in [3.8, 4) is 11.5 Å². The Morgan fingerprint density at radius 3 is 2.67 bits per heavy atom. The number of methoxy groups -OCH3 is 2. The first kappa shape index (κ1) is 16.8. The Labute approximate surface area is 139 Å². The molecular weight excluding hydrogens is 337 g/mol. The Morgan fingerprint density at radius 2 is 1.96 bits per heavy atom. The highest BCUT2D eigenvalue weighted by Crippen LogP contribution is 2.35. The van der Waals surface area contributed by atoms with E-state index in [1.807, 2.05) is 0 Å². The lowest BCUT2D eigenvalue weighted by Crippen LogP contribution is -2.31. The number of rotatable bonds is 5. The fourth-order valence-electron chi connectivity index (χ4n) is 2.90. The molecule has 24 heavy (non-hydrogen) atoms. The van der Waals surface area contributed by atoms with Crippen LogP contribution in [0.2, 0.25) is 0 Å². The average molecular weight is 355 g/mol. The van der Waals surface area contributed by atoms with E-state index in [9.17, 15) is 12.8 Å². The molecule has 1 aliphatic carbocycles. The molecule has 6 nitrogen and oxygen atoms in total. The van der Waals surface area contributed by atoms with Gasteiger partial charge in [-0.3, -0.25) is 0 Å². The highest BCUT2D eigenvalue weighted by atomic mass is 32.2. The predicted octanol–water partition coefficient (Wildman–Crippen LogP) is 2.79. The molecule has 1 aliphatic rings. The summed E-state index contributed by atoms with van der Waals surface area (Å²) < 4.78 is 57.5. The quantitative estimate of drug-likeness (QED) is 0.892. The van der Waals surface area contributed by atoms with Crippen LogP contribution in [0.3, 0.4) is 0 Å². The first-order valence-electron chi connectivity index (χ1n) is 7.46. The Kier molecular flexibility index (Phi) is 4.51. The molecule has 3 rings (SSSR count). The van der Waals surface area contributed by atoms with Crippen molar-refractivity contribution in [2.45, 2.75) is 30.2 Å². The van der Waals surface area contributed by atoms with Crippen LogP contribution >= 0.6 is 0 Å². The third-order valence-electron chi connectivity index (χ3n) is 4.08. The summed E-state index contributed by atoms with van der Waals surface area (Å²) in [5.74, 6) is 0.140. The van der Waals surface area contributed by atoms with Crippen molar-refractivity contribution in [2.75, 3.05) is 14.2 Å². The highest BCUT2D eigenvalue weighted by Gasteiger charge is 2.30. The zero-order chi connectivity index (χ0) is 17.3. The molecule has 130 valence electrons. The van der Waals surface area contributed by atoms with Gasteiger partial charge in [0.15, 0.2) is 11.5 Å². The molecule has 8 heteroatoms. The lowest BCUT2D eigenvalue weighted by Gasteiger charge is -2.23. The van der Waals surface area contributed by atoms with Crippen molar-refractivity contribution < 1.29 is 26.7 Å². The summed E-state index contributed by atoms with van der Waals surface area (Å²) in [6.07, 6.45) is 3.72. The van der Waals surface area contributed by atoms with Crippen LogP contribution in [-0.4, -0.2) is 22.6 Å². The maximum Gasteiger partial charge on any atom is 0.244 e. The molecule has 0 bridgehead atoms. The van der Waals surface area contributed by atoms with Crippen LogP contribution in [0.4, 0.5) is 4.39 Å². The molecule has 1 aromatic heterocycles. The normalized spacial score (nSPS) is 17.4. The van der Waals surface area contributed by atoms with Crippen molar-refractivity contribution >= 4 is 10.0 Å². The van der Waals surface area contributed by atoms with E-state index in [1.165, 1.54) is 20.5 Å². The second-order valence-electron chi connectivity index (χ2n) is 5.50. The minimum Gasteiger partial charge on any atom is -0.493 e. The Bertz CT molecular complexity index is 846. The van der Waals surface area contributed by atoms with Gasteiger partial charge >= 0.3 is 0 Å². The van der Waals surface area contributed by atoms with Gasteiger partial charge in [0, 0.05) is 24.1 Å². The molecule has 2 aromatic rings. The fourth-order valence-corrected chi connectivity index (χ4v) is 4.23. The molecule has 0 saturated carbocycles. The summed E-state index contributed by atoms with van der Waals surface area (Å²) in [4.78, 5) is -0.476. The molecule has 0 radical (unpaired) electrons. The zero-order valence-corrected chi connectivity index (χ0v) is 14.2. The van der Waals surface area contributed by atoms with Crippen molar-refractivity contribution in [1.29, 1.82) is 0 Å². The van der Waals surface area contributed by atoms with Crippen molar-refractivity contribution in [1.82, 2.24) is 4.72 Å². The Hall–Kier alpha value is -2.06. The summed E-state index contributed by atoms with van der Waals surface area (Å²) in [6.45, 7) is 0. The van der Waals surface area contributed by atoms with Gasteiger partial charge in [-0.1, -0.05) is 0 Å². The third-order valence-corrected chi connectivity index (χ3v) is 5.56. The number of benzene rings is 1. The number of sulfonamides is 1. The van der Waals surface area contributed by atoms with Crippen molar-refractivity contribution in [2.24, 2.45) is 0 Å². The minimum atomic E-state index is -4.07. The van der Waals surface area contributed by atoms with E-state index in [4.69, 9.17) is 13.9 Å². The van der Waals surface area contributed by atoms with Crippen LogP contribution in [0, 0.1) is 5.82 Å². The molecule has 0 aliphatic heterocycles. The molecular formula is C16H18FNO5S. The monoisotopic (exact) mass is 355 g/mol. The topological polar surface area (TPSA) is 77.8 Å². The van der Waals surface area contributed by atoms with E-state index in [0.29, 0.717) is 6.42 Å². The number of hydrogen-bond donors (Lipinski definition) is 1.